The summed E-state index contributed by atoms with van der Waals surface area (Å²) < 4.78 is 24.9. The number of sulfone groups is 1. The van der Waals surface area contributed by atoms with Crippen LogP contribution in [0.25, 0.3) is 0 Å². The first-order valence-electron chi connectivity index (χ1n) is 6.83. The zero-order valence-corrected chi connectivity index (χ0v) is 13.1. The number of hydrogen-bond acceptors (Lipinski definition) is 5. The summed E-state index contributed by atoms with van der Waals surface area (Å²) in [6.07, 6.45) is 14.2. The summed E-state index contributed by atoms with van der Waals surface area (Å²) in [5, 5.41) is 2.73. The lowest BCUT2D eigenvalue weighted by Crippen LogP contribution is -2.35. The molecule has 1 aliphatic rings. The number of rotatable bonds is 6. The van der Waals surface area contributed by atoms with Crippen LogP contribution in [0.5, 0.6) is 0 Å². The summed E-state index contributed by atoms with van der Waals surface area (Å²) in [5.41, 5.74) is 0.765. The second-order valence-corrected chi connectivity index (χ2v) is 7.02. The van der Waals surface area contributed by atoms with Crippen LogP contribution in [0.3, 0.4) is 0 Å². The van der Waals surface area contributed by atoms with Gasteiger partial charge < -0.3 is 4.90 Å². The predicted octanol–water partition coefficient (Wildman–Crippen LogP) is 1.76. The van der Waals surface area contributed by atoms with Crippen LogP contribution in [0.4, 0.5) is 0 Å². The Morgan fingerprint density at radius 3 is 2.68 bits per heavy atom. The van der Waals surface area contributed by atoms with Crippen LogP contribution in [-0.2, 0) is 16.4 Å². The van der Waals surface area contributed by atoms with E-state index in [0.29, 0.717) is 4.90 Å². The molecule has 2 heterocycles. The molecule has 0 N–H and O–H groups in total. The van der Waals surface area contributed by atoms with Gasteiger partial charge in [-0.15, -0.1) is 4.91 Å². The van der Waals surface area contributed by atoms with Gasteiger partial charge in [-0.3, -0.25) is 0 Å². The summed E-state index contributed by atoms with van der Waals surface area (Å²) in [6, 6.07) is 3.33. The Kier molecular flexibility index (Phi) is 5.21. The molecule has 0 spiro atoms. The van der Waals surface area contributed by atoms with Crippen LogP contribution in [0, 0.1) is 4.91 Å². The first kappa shape index (κ1) is 16.1. The van der Waals surface area contributed by atoms with Crippen molar-refractivity contribution in [3.63, 3.8) is 0 Å². The van der Waals surface area contributed by atoms with E-state index >= 15 is 0 Å². The normalized spacial score (nSPS) is 14.2. The lowest BCUT2D eigenvalue weighted by Gasteiger charge is -2.17. The average molecular weight is 320 g/mol. The third-order valence-corrected chi connectivity index (χ3v) is 4.31. The lowest BCUT2D eigenvalue weighted by molar-refractivity contribution is -0.699. The molecule has 7 heteroatoms. The smallest absolute Gasteiger partial charge is 0.187 e. The topological polar surface area (TPSA) is 70.7 Å². The quantitative estimate of drug-likeness (QED) is 0.591. The number of aryl methyl sites for hydroxylation is 1. The standard InChI is InChI=1S/C15H18N3O3S/c1-22(20,21)15-4-2-7-18(13-15)9-3-8-17-10-5-14(6-11-17)12-16-19/h2,4-7,10-13H,3,8-9H2,1H3/q+1. The number of pyridine rings is 1. The van der Waals surface area contributed by atoms with E-state index in [1.54, 1.807) is 18.3 Å². The van der Waals surface area contributed by atoms with Crippen LogP contribution in [0.15, 0.2) is 70.9 Å². The van der Waals surface area contributed by atoms with E-state index in [1.165, 1.54) is 12.5 Å². The highest BCUT2D eigenvalue weighted by Gasteiger charge is 2.12. The monoisotopic (exact) mass is 320 g/mol. The maximum atomic E-state index is 11.5. The van der Waals surface area contributed by atoms with Crippen molar-refractivity contribution in [2.24, 2.45) is 5.18 Å². The SMILES string of the molecule is CS(=O)(=O)c1ccc[n+](CCCN2C=CC(=CN=O)C=C2)c1. The summed E-state index contributed by atoms with van der Waals surface area (Å²) >= 11 is 0. The summed E-state index contributed by atoms with van der Waals surface area (Å²) in [5.74, 6) is 0. The Labute approximate surface area is 130 Å². The molecule has 0 amide bonds. The highest BCUT2D eigenvalue weighted by atomic mass is 32.2. The Morgan fingerprint density at radius 1 is 1.32 bits per heavy atom. The van der Waals surface area contributed by atoms with Crippen LogP contribution in [0.2, 0.25) is 0 Å². The van der Waals surface area contributed by atoms with Gasteiger partial charge in [0.2, 0.25) is 0 Å². The third-order valence-electron chi connectivity index (χ3n) is 3.21. The van der Waals surface area contributed by atoms with Gasteiger partial charge >= 0.3 is 0 Å². The van der Waals surface area contributed by atoms with Crippen LogP contribution in [0.1, 0.15) is 6.42 Å². The van der Waals surface area contributed by atoms with E-state index in [2.05, 4.69) is 5.18 Å². The number of nitroso groups, excluding NO2 is 1. The van der Waals surface area contributed by atoms with E-state index in [0.717, 1.165) is 25.1 Å². The molecular weight excluding hydrogens is 302 g/mol. The Morgan fingerprint density at radius 2 is 2.05 bits per heavy atom. The molecule has 22 heavy (non-hydrogen) atoms. The van der Waals surface area contributed by atoms with Crippen LogP contribution in [-0.4, -0.2) is 26.1 Å². The van der Waals surface area contributed by atoms with Crippen molar-refractivity contribution >= 4 is 9.84 Å². The molecule has 0 aliphatic carbocycles. The minimum absolute atomic E-state index is 0.323. The fourth-order valence-electron chi connectivity index (χ4n) is 2.06. The molecule has 0 saturated carbocycles. The van der Waals surface area contributed by atoms with Gasteiger partial charge in [0.25, 0.3) is 0 Å². The highest BCUT2D eigenvalue weighted by Crippen LogP contribution is 2.10. The summed E-state index contributed by atoms with van der Waals surface area (Å²) in [6.45, 7) is 1.52. The molecular formula is C15H18N3O3S+. The number of aromatic nitrogens is 1. The van der Waals surface area contributed by atoms with Crippen molar-refractivity contribution in [2.45, 2.75) is 17.9 Å². The van der Waals surface area contributed by atoms with Crippen LogP contribution >= 0.6 is 0 Å². The second kappa shape index (κ2) is 7.13. The fourth-order valence-corrected chi connectivity index (χ4v) is 2.71. The molecule has 1 aliphatic heterocycles. The molecule has 1 aromatic rings. The van der Waals surface area contributed by atoms with E-state index in [-0.39, 0.29) is 0 Å². The molecule has 0 atom stereocenters. The van der Waals surface area contributed by atoms with Gasteiger partial charge in [0, 0.05) is 37.7 Å². The van der Waals surface area contributed by atoms with Gasteiger partial charge in [0.05, 0.1) is 6.20 Å². The molecule has 6 nitrogen and oxygen atoms in total. The van der Waals surface area contributed by atoms with Gasteiger partial charge in [0.15, 0.2) is 22.2 Å². The number of allylic oxidation sites excluding steroid dienone is 3. The van der Waals surface area contributed by atoms with Crippen molar-refractivity contribution in [3.8, 4) is 0 Å². The Bertz CT molecular complexity index is 720. The summed E-state index contributed by atoms with van der Waals surface area (Å²) in [4.78, 5) is 12.5. The molecule has 0 saturated heterocycles. The van der Waals surface area contributed by atoms with Crippen molar-refractivity contribution in [3.05, 3.63) is 65.8 Å². The van der Waals surface area contributed by atoms with Gasteiger partial charge in [0.1, 0.15) is 11.4 Å². The van der Waals surface area contributed by atoms with Crippen molar-refractivity contribution in [1.29, 1.82) is 0 Å². The molecule has 116 valence electrons. The first-order chi connectivity index (χ1) is 10.5. The van der Waals surface area contributed by atoms with Gasteiger partial charge in [-0.25, -0.2) is 13.0 Å². The second-order valence-electron chi connectivity index (χ2n) is 5.01. The third kappa shape index (κ3) is 4.63. The first-order valence-corrected chi connectivity index (χ1v) is 8.72. The Hall–Kier alpha value is -2.28. The van der Waals surface area contributed by atoms with Crippen molar-refractivity contribution in [2.75, 3.05) is 12.8 Å². The molecule has 2 rings (SSSR count). The highest BCUT2D eigenvalue weighted by molar-refractivity contribution is 7.90. The molecule has 0 radical (unpaired) electrons. The lowest BCUT2D eigenvalue weighted by atomic mass is 10.2. The van der Waals surface area contributed by atoms with Gasteiger partial charge in [-0.05, 0) is 29.0 Å². The maximum Gasteiger partial charge on any atom is 0.187 e. The fraction of sp³-hybridized carbons (Fsp3) is 0.267. The zero-order chi connectivity index (χ0) is 16.0. The summed E-state index contributed by atoms with van der Waals surface area (Å²) in [7, 11) is -3.18. The molecule has 1 aromatic heterocycles. The van der Waals surface area contributed by atoms with E-state index in [4.69, 9.17) is 0 Å². The molecule has 0 fully saturated rings. The minimum Gasteiger partial charge on any atom is -0.354 e. The van der Waals surface area contributed by atoms with Crippen molar-refractivity contribution in [1.82, 2.24) is 4.90 Å². The van der Waals surface area contributed by atoms with Crippen LogP contribution < -0.4 is 4.57 Å². The molecule has 0 aromatic carbocycles. The van der Waals surface area contributed by atoms with E-state index in [9.17, 15) is 13.3 Å². The van der Waals surface area contributed by atoms with E-state index in [1.807, 2.05) is 40.2 Å². The minimum atomic E-state index is -3.18. The predicted molar refractivity (Wildman–Crippen MR) is 83.2 cm³/mol. The molecule has 0 unspecified atom stereocenters. The largest absolute Gasteiger partial charge is 0.354 e. The average Bonchev–Trinajstić information content (AvgIpc) is 2.49. The van der Waals surface area contributed by atoms with Crippen molar-refractivity contribution < 1.29 is 13.0 Å². The maximum absolute atomic E-state index is 11.5. The zero-order valence-electron chi connectivity index (χ0n) is 12.3. The molecule has 0 bridgehead atoms. The van der Waals surface area contributed by atoms with Gasteiger partial charge in [-0.2, -0.15) is 0 Å². The number of hydrogen-bond donors (Lipinski definition) is 0. The number of nitrogens with zero attached hydrogens (tertiary/aromatic N) is 3. The van der Waals surface area contributed by atoms with E-state index < -0.39 is 9.84 Å². The van der Waals surface area contributed by atoms with Gasteiger partial charge in [-0.1, -0.05) is 0 Å². The Balaban J connectivity index is 1.88.